The van der Waals surface area contributed by atoms with Gasteiger partial charge in [0, 0.05) is 19.1 Å². The first-order chi connectivity index (χ1) is 7.63. The highest BCUT2D eigenvalue weighted by Gasteiger charge is 2.22. The van der Waals surface area contributed by atoms with Crippen LogP contribution in [0.25, 0.3) is 0 Å². The van der Waals surface area contributed by atoms with E-state index in [1.165, 1.54) is 6.42 Å². The molecule has 1 N–H and O–H groups in total. The van der Waals surface area contributed by atoms with Gasteiger partial charge in [0.15, 0.2) is 0 Å². The standard InChI is InChI=1S/C12H24N2OS/c1-10(2)13-7-11-5-4-6-14(8-11)12(15)9-16-3/h10-11,13H,4-9H2,1-3H3. The third-order valence-electron chi connectivity index (χ3n) is 2.95. The van der Waals surface area contributed by atoms with Crippen LogP contribution >= 0.6 is 11.8 Å². The summed E-state index contributed by atoms with van der Waals surface area (Å²) in [5.41, 5.74) is 0. The van der Waals surface area contributed by atoms with E-state index in [9.17, 15) is 4.79 Å². The van der Waals surface area contributed by atoms with Gasteiger partial charge in [-0.3, -0.25) is 4.79 Å². The number of hydrogen-bond donors (Lipinski definition) is 1. The van der Waals surface area contributed by atoms with Crippen molar-refractivity contribution in [3.63, 3.8) is 0 Å². The maximum atomic E-state index is 11.8. The third kappa shape index (κ3) is 4.74. The van der Waals surface area contributed by atoms with Crippen molar-refractivity contribution in [2.45, 2.75) is 32.7 Å². The molecule has 1 aliphatic heterocycles. The lowest BCUT2D eigenvalue weighted by atomic mass is 9.98. The number of piperidine rings is 1. The van der Waals surface area contributed by atoms with Gasteiger partial charge in [0.25, 0.3) is 0 Å². The van der Waals surface area contributed by atoms with Gasteiger partial charge in [-0.1, -0.05) is 13.8 Å². The molecule has 1 atom stereocenters. The zero-order valence-corrected chi connectivity index (χ0v) is 11.5. The Balaban J connectivity index is 2.32. The van der Waals surface area contributed by atoms with Crippen LogP contribution in [0.3, 0.4) is 0 Å². The van der Waals surface area contributed by atoms with E-state index in [1.807, 2.05) is 11.2 Å². The van der Waals surface area contributed by atoms with E-state index in [0.29, 0.717) is 23.6 Å². The summed E-state index contributed by atoms with van der Waals surface area (Å²) in [5.74, 6) is 1.58. The number of likely N-dealkylation sites (tertiary alicyclic amines) is 1. The molecule has 1 amide bonds. The molecule has 16 heavy (non-hydrogen) atoms. The number of nitrogens with zero attached hydrogens (tertiary/aromatic N) is 1. The number of hydrogen-bond acceptors (Lipinski definition) is 3. The van der Waals surface area contributed by atoms with E-state index in [0.717, 1.165) is 26.1 Å². The monoisotopic (exact) mass is 244 g/mol. The Morgan fingerprint density at radius 1 is 1.56 bits per heavy atom. The van der Waals surface area contributed by atoms with Gasteiger partial charge in [0.05, 0.1) is 5.75 Å². The highest BCUT2D eigenvalue weighted by molar-refractivity contribution is 7.99. The molecular formula is C12H24N2OS. The first-order valence-corrected chi connectivity index (χ1v) is 7.53. The summed E-state index contributed by atoms with van der Waals surface area (Å²) < 4.78 is 0. The van der Waals surface area contributed by atoms with E-state index < -0.39 is 0 Å². The van der Waals surface area contributed by atoms with E-state index in [-0.39, 0.29) is 0 Å². The Morgan fingerprint density at radius 3 is 2.94 bits per heavy atom. The number of carbonyl (C=O) groups is 1. The van der Waals surface area contributed by atoms with Gasteiger partial charge >= 0.3 is 0 Å². The van der Waals surface area contributed by atoms with Crippen LogP contribution in [0, 0.1) is 5.92 Å². The van der Waals surface area contributed by atoms with E-state index in [2.05, 4.69) is 19.2 Å². The van der Waals surface area contributed by atoms with Crippen LogP contribution in [-0.4, -0.2) is 48.5 Å². The number of thioether (sulfide) groups is 1. The summed E-state index contributed by atoms with van der Waals surface area (Å²) in [5, 5.41) is 3.46. The second-order valence-electron chi connectivity index (χ2n) is 4.84. The summed E-state index contributed by atoms with van der Waals surface area (Å²) >= 11 is 1.62. The van der Waals surface area contributed by atoms with Crippen molar-refractivity contribution in [2.75, 3.05) is 31.6 Å². The van der Waals surface area contributed by atoms with Crippen LogP contribution in [0.4, 0.5) is 0 Å². The van der Waals surface area contributed by atoms with Gasteiger partial charge in [-0.15, -0.1) is 0 Å². The van der Waals surface area contributed by atoms with Crippen LogP contribution in [0.1, 0.15) is 26.7 Å². The fourth-order valence-electron chi connectivity index (χ4n) is 2.08. The molecule has 0 bridgehead atoms. The summed E-state index contributed by atoms with van der Waals surface area (Å²) in [6.45, 7) is 7.27. The zero-order chi connectivity index (χ0) is 12.0. The van der Waals surface area contributed by atoms with Gasteiger partial charge in [0.1, 0.15) is 0 Å². The van der Waals surface area contributed by atoms with Gasteiger partial charge in [-0.2, -0.15) is 11.8 Å². The number of amides is 1. The minimum atomic E-state index is 0.307. The lowest BCUT2D eigenvalue weighted by molar-refractivity contribution is -0.130. The molecule has 0 aliphatic carbocycles. The normalized spacial score (nSPS) is 21.5. The van der Waals surface area contributed by atoms with Crippen LogP contribution < -0.4 is 5.32 Å². The van der Waals surface area contributed by atoms with Crippen molar-refractivity contribution >= 4 is 17.7 Å². The quantitative estimate of drug-likeness (QED) is 0.797. The Bertz CT molecular complexity index is 221. The number of carbonyl (C=O) groups excluding carboxylic acids is 1. The minimum Gasteiger partial charge on any atom is -0.342 e. The SMILES string of the molecule is CSCC(=O)N1CCCC(CNC(C)C)C1. The predicted molar refractivity (Wildman–Crippen MR) is 70.8 cm³/mol. The average Bonchev–Trinajstić information content (AvgIpc) is 2.27. The molecule has 1 unspecified atom stereocenters. The van der Waals surface area contributed by atoms with Gasteiger partial charge in [0.2, 0.25) is 5.91 Å². The van der Waals surface area contributed by atoms with Crippen molar-refractivity contribution < 1.29 is 4.79 Å². The Hall–Kier alpha value is -0.220. The molecular weight excluding hydrogens is 220 g/mol. The van der Waals surface area contributed by atoms with Crippen molar-refractivity contribution in [3.05, 3.63) is 0 Å². The molecule has 0 aromatic heterocycles. The lowest BCUT2D eigenvalue weighted by Crippen LogP contribution is -2.44. The van der Waals surface area contributed by atoms with Gasteiger partial charge in [-0.05, 0) is 31.6 Å². The molecule has 0 aromatic carbocycles. The largest absolute Gasteiger partial charge is 0.342 e. The van der Waals surface area contributed by atoms with Crippen molar-refractivity contribution in [3.8, 4) is 0 Å². The third-order valence-corrected chi connectivity index (χ3v) is 3.49. The molecule has 0 saturated carbocycles. The highest BCUT2D eigenvalue weighted by Crippen LogP contribution is 2.16. The van der Waals surface area contributed by atoms with Crippen LogP contribution in [-0.2, 0) is 4.79 Å². The summed E-state index contributed by atoms with van der Waals surface area (Å²) in [6.07, 6.45) is 4.40. The molecule has 0 radical (unpaired) electrons. The number of rotatable bonds is 5. The Morgan fingerprint density at radius 2 is 2.31 bits per heavy atom. The van der Waals surface area contributed by atoms with Crippen molar-refractivity contribution in [1.82, 2.24) is 10.2 Å². The molecule has 94 valence electrons. The first kappa shape index (κ1) is 13.8. The summed E-state index contributed by atoms with van der Waals surface area (Å²) in [7, 11) is 0. The number of nitrogens with one attached hydrogen (secondary N) is 1. The maximum absolute atomic E-state index is 11.8. The highest BCUT2D eigenvalue weighted by atomic mass is 32.2. The predicted octanol–water partition coefficient (Wildman–Crippen LogP) is 1.59. The molecule has 0 spiro atoms. The fourth-order valence-corrected chi connectivity index (χ4v) is 2.50. The smallest absolute Gasteiger partial charge is 0.232 e. The van der Waals surface area contributed by atoms with E-state index >= 15 is 0 Å². The van der Waals surface area contributed by atoms with Crippen LogP contribution in [0.5, 0.6) is 0 Å². The Kier molecular flexibility index (Phi) is 6.21. The van der Waals surface area contributed by atoms with Crippen molar-refractivity contribution in [1.29, 1.82) is 0 Å². The molecule has 1 rings (SSSR count). The van der Waals surface area contributed by atoms with Gasteiger partial charge in [-0.25, -0.2) is 0 Å². The molecule has 1 saturated heterocycles. The summed E-state index contributed by atoms with van der Waals surface area (Å²) in [4.78, 5) is 13.8. The molecule has 1 aliphatic rings. The zero-order valence-electron chi connectivity index (χ0n) is 10.7. The Labute approximate surface area is 103 Å². The molecule has 4 heteroatoms. The molecule has 3 nitrogen and oxygen atoms in total. The first-order valence-electron chi connectivity index (χ1n) is 6.13. The van der Waals surface area contributed by atoms with E-state index in [1.54, 1.807) is 11.8 Å². The molecule has 1 fully saturated rings. The van der Waals surface area contributed by atoms with E-state index in [4.69, 9.17) is 0 Å². The van der Waals surface area contributed by atoms with Gasteiger partial charge < -0.3 is 10.2 Å². The lowest BCUT2D eigenvalue weighted by Gasteiger charge is -2.33. The second kappa shape index (κ2) is 7.17. The molecule has 0 aromatic rings. The van der Waals surface area contributed by atoms with Crippen LogP contribution in [0.2, 0.25) is 0 Å². The van der Waals surface area contributed by atoms with Crippen LogP contribution in [0.15, 0.2) is 0 Å². The minimum absolute atomic E-state index is 0.307. The fraction of sp³-hybridized carbons (Fsp3) is 0.917. The topological polar surface area (TPSA) is 32.3 Å². The average molecular weight is 244 g/mol. The maximum Gasteiger partial charge on any atom is 0.232 e. The summed E-state index contributed by atoms with van der Waals surface area (Å²) in [6, 6.07) is 0.539. The second-order valence-corrected chi connectivity index (χ2v) is 5.71. The van der Waals surface area contributed by atoms with Crippen molar-refractivity contribution in [2.24, 2.45) is 5.92 Å². The molecule has 1 heterocycles.